The number of benzene rings is 1. The van der Waals surface area contributed by atoms with Crippen LogP contribution in [0.5, 0.6) is 0 Å². The third kappa shape index (κ3) is 6.25. The van der Waals surface area contributed by atoms with Crippen molar-refractivity contribution in [3.63, 3.8) is 0 Å². The molecule has 1 aromatic heterocycles. The van der Waals surface area contributed by atoms with Gasteiger partial charge in [-0.05, 0) is 65.2 Å². The number of nitrogens with zero attached hydrogens (tertiary/aromatic N) is 3. The SMILES string of the molecule is CC(C)(C)OC(=O)NC(C)(C)c1noc(CN(Cc2cccc(F)c2)C2CC2)n1. The minimum atomic E-state index is -0.850. The maximum absolute atomic E-state index is 13.5. The van der Waals surface area contributed by atoms with Crippen LogP contribution in [-0.4, -0.2) is 32.8 Å². The molecule has 3 rings (SSSR count). The molecule has 1 amide bonds. The lowest BCUT2D eigenvalue weighted by molar-refractivity contribution is 0.0465. The van der Waals surface area contributed by atoms with Crippen molar-refractivity contribution in [1.82, 2.24) is 20.4 Å². The summed E-state index contributed by atoms with van der Waals surface area (Å²) in [5, 5.41) is 6.82. The van der Waals surface area contributed by atoms with Crippen LogP contribution in [0.15, 0.2) is 28.8 Å². The molecule has 2 aromatic rings. The second-order valence-electron chi connectivity index (χ2n) is 9.03. The van der Waals surface area contributed by atoms with E-state index in [0.717, 1.165) is 18.4 Å². The maximum Gasteiger partial charge on any atom is 0.408 e. The number of nitrogens with one attached hydrogen (secondary N) is 1. The molecule has 0 atom stereocenters. The average Bonchev–Trinajstić information content (AvgIpc) is 3.30. The summed E-state index contributed by atoms with van der Waals surface area (Å²) < 4.78 is 24.2. The Kier molecular flexibility index (Phi) is 5.93. The topological polar surface area (TPSA) is 80.5 Å². The number of amides is 1. The summed E-state index contributed by atoms with van der Waals surface area (Å²) >= 11 is 0. The van der Waals surface area contributed by atoms with Crippen LogP contribution in [0.3, 0.4) is 0 Å². The molecule has 0 aliphatic heterocycles. The Morgan fingerprint density at radius 3 is 2.62 bits per heavy atom. The van der Waals surface area contributed by atoms with E-state index in [0.29, 0.717) is 30.8 Å². The van der Waals surface area contributed by atoms with Gasteiger partial charge in [0.1, 0.15) is 17.0 Å². The van der Waals surface area contributed by atoms with Gasteiger partial charge in [0.25, 0.3) is 0 Å². The van der Waals surface area contributed by atoms with Crippen LogP contribution in [0.1, 0.15) is 64.7 Å². The fourth-order valence-electron chi connectivity index (χ4n) is 2.98. The largest absolute Gasteiger partial charge is 0.444 e. The Labute approximate surface area is 170 Å². The molecule has 1 N–H and O–H groups in total. The van der Waals surface area contributed by atoms with Gasteiger partial charge in [0, 0.05) is 12.6 Å². The summed E-state index contributed by atoms with van der Waals surface area (Å²) in [6, 6.07) is 7.04. The zero-order chi connectivity index (χ0) is 21.2. The third-order valence-electron chi connectivity index (χ3n) is 4.52. The highest BCUT2D eigenvalue weighted by molar-refractivity contribution is 5.68. The van der Waals surface area contributed by atoms with Gasteiger partial charge < -0.3 is 14.6 Å². The quantitative estimate of drug-likeness (QED) is 0.747. The van der Waals surface area contributed by atoms with E-state index in [9.17, 15) is 9.18 Å². The summed E-state index contributed by atoms with van der Waals surface area (Å²) in [5.41, 5.74) is -0.537. The van der Waals surface area contributed by atoms with Crippen molar-refractivity contribution in [2.75, 3.05) is 0 Å². The number of hydrogen-bond acceptors (Lipinski definition) is 6. The molecule has 1 heterocycles. The predicted molar refractivity (Wildman–Crippen MR) is 105 cm³/mol. The van der Waals surface area contributed by atoms with Crippen LogP contribution < -0.4 is 5.32 Å². The van der Waals surface area contributed by atoms with E-state index in [-0.39, 0.29) is 5.82 Å². The van der Waals surface area contributed by atoms with Crippen LogP contribution in [0.4, 0.5) is 9.18 Å². The third-order valence-corrected chi connectivity index (χ3v) is 4.52. The zero-order valence-electron chi connectivity index (χ0n) is 17.7. The van der Waals surface area contributed by atoms with E-state index in [1.807, 2.05) is 6.07 Å². The van der Waals surface area contributed by atoms with Crippen molar-refractivity contribution in [3.05, 3.63) is 47.4 Å². The number of carbonyl (C=O) groups excluding carboxylic acids is 1. The molecular weight excluding hydrogens is 375 g/mol. The van der Waals surface area contributed by atoms with Crippen molar-refractivity contribution >= 4 is 6.09 Å². The first-order valence-corrected chi connectivity index (χ1v) is 9.84. The lowest BCUT2D eigenvalue weighted by atomic mass is 10.1. The second-order valence-corrected chi connectivity index (χ2v) is 9.03. The molecule has 7 nitrogen and oxygen atoms in total. The van der Waals surface area contributed by atoms with Crippen LogP contribution in [0.2, 0.25) is 0 Å². The highest BCUT2D eigenvalue weighted by Gasteiger charge is 2.33. The number of alkyl carbamates (subject to hydrolysis) is 1. The van der Waals surface area contributed by atoms with E-state index in [4.69, 9.17) is 9.26 Å². The molecule has 0 spiro atoms. The van der Waals surface area contributed by atoms with Crippen LogP contribution in [0, 0.1) is 5.82 Å². The molecule has 1 aliphatic carbocycles. The van der Waals surface area contributed by atoms with Crippen LogP contribution >= 0.6 is 0 Å². The molecule has 0 saturated heterocycles. The normalized spacial score (nSPS) is 14.9. The molecule has 8 heteroatoms. The molecule has 0 unspecified atom stereocenters. The van der Waals surface area contributed by atoms with Gasteiger partial charge in [-0.25, -0.2) is 9.18 Å². The number of aromatic nitrogens is 2. The lowest BCUT2D eigenvalue weighted by Crippen LogP contribution is -2.44. The number of ether oxygens (including phenoxy) is 1. The summed E-state index contributed by atoms with van der Waals surface area (Å²) in [7, 11) is 0. The first-order valence-electron chi connectivity index (χ1n) is 9.84. The van der Waals surface area contributed by atoms with Gasteiger partial charge in [-0.15, -0.1) is 0 Å². The minimum absolute atomic E-state index is 0.242. The molecule has 1 saturated carbocycles. The fraction of sp³-hybridized carbons (Fsp3) is 0.571. The van der Waals surface area contributed by atoms with Gasteiger partial charge in [-0.3, -0.25) is 4.90 Å². The Bertz CT molecular complexity index is 856. The van der Waals surface area contributed by atoms with Crippen molar-refractivity contribution in [2.45, 2.75) is 77.7 Å². The van der Waals surface area contributed by atoms with E-state index in [2.05, 4.69) is 20.4 Å². The molecule has 158 valence electrons. The Morgan fingerprint density at radius 1 is 1.28 bits per heavy atom. The first kappa shape index (κ1) is 21.2. The lowest BCUT2D eigenvalue weighted by Gasteiger charge is -2.26. The smallest absolute Gasteiger partial charge is 0.408 e. The van der Waals surface area contributed by atoms with E-state index in [1.54, 1.807) is 46.8 Å². The van der Waals surface area contributed by atoms with Crippen molar-refractivity contribution in [2.24, 2.45) is 0 Å². The van der Waals surface area contributed by atoms with Gasteiger partial charge in [-0.2, -0.15) is 4.98 Å². The standard InChI is InChI=1S/C21H29FN4O3/c1-20(2,3)28-19(27)24-21(4,5)18-23-17(29-25-18)13-26(16-9-10-16)12-14-7-6-8-15(22)11-14/h6-8,11,16H,9-10,12-13H2,1-5H3,(H,24,27). The summed E-state index contributed by atoms with van der Waals surface area (Å²) in [6.45, 7) is 10.1. The van der Waals surface area contributed by atoms with Crippen LogP contribution in [-0.2, 0) is 23.4 Å². The number of carbonyl (C=O) groups is 1. The minimum Gasteiger partial charge on any atom is -0.444 e. The first-order chi connectivity index (χ1) is 13.5. The molecule has 29 heavy (non-hydrogen) atoms. The van der Waals surface area contributed by atoms with Crippen molar-refractivity contribution in [1.29, 1.82) is 0 Å². The Hall–Kier alpha value is -2.48. The fourth-order valence-corrected chi connectivity index (χ4v) is 2.98. The van der Waals surface area contributed by atoms with E-state index < -0.39 is 17.2 Å². The van der Waals surface area contributed by atoms with Gasteiger partial charge >= 0.3 is 6.09 Å². The van der Waals surface area contributed by atoms with E-state index >= 15 is 0 Å². The number of halogens is 1. The molecule has 1 aromatic carbocycles. The Morgan fingerprint density at radius 2 is 2.00 bits per heavy atom. The van der Waals surface area contributed by atoms with Crippen LogP contribution in [0.25, 0.3) is 0 Å². The highest BCUT2D eigenvalue weighted by atomic mass is 19.1. The molecule has 1 fully saturated rings. The zero-order valence-corrected chi connectivity index (χ0v) is 17.7. The Balaban J connectivity index is 1.65. The summed E-state index contributed by atoms with van der Waals surface area (Å²) in [5.74, 6) is 0.593. The molecule has 0 radical (unpaired) electrons. The predicted octanol–water partition coefficient (Wildman–Crippen LogP) is 4.13. The second kappa shape index (κ2) is 8.10. The van der Waals surface area contributed by atoms with E-state index in [1.165, 1.54) is 6.07 Å². The highest BCUT2D eigenvalue weighted by Crippen LogP contribution is 2.30. The number of hydrogen-bond donors (Lipinski definition) is 1. The molecular formula is C21H29FN4O3. The van der Waals surface area contributed by atoms with Crippen molar-refractivity contribution in [3.8, 4) is 0 Å². The molecule has 1 aliphatic rings. The summed E-state index contributed by atoms with van der Waals surface area (Å²) in [4.78, 5) is 18.8. The monoisotopic (exact) mass is 404 g/mol. The van der Waals surface area contributed by atoms with Gasteiger partial charge in [0.15, 0.2) is 5.82 Å². The average molecular weight is 404 g/mol. The van der Waals surface area contributed by atoms with Gasteiger partial charge in [0.05, 0.1) is 6.54 Å². The molecule has 0 bridgehead atoms. The van der Waals surface area contributed by atoms with Gasteiger partial charge in [-0.1, -0.05) is 17.3 Å². The number of rotatable bonds is 7. The maximum atomic E-state index is 13.5. The van der Waals surface area contributed by atoms with Crippen molar-refractivity contribution < 1.29 is 18.4 Å². The van der Waals surface area contributed by atoms with Gasteiger partial charge in [0.2, 0.25) is 5.89 Å². The summed E-state index contributed by atoms with van der Waals surface area (Å²) in [6.07, 6.45) is 1.66.